The van der Waals surface area contributed by atoms with Gasteiger partial charge in [-0.05, 0) is 79.5 Å². The van der Waals surface area contributed by atoms with Gasteiger partial charge in [-0.3, -0.25) is 9.78 Å². The molecule has 6 heterocycles. The minimum Gasteiger partial charge on any atom is -0.493 e. The van der Waals surface area contributed by atoms with Crippen LogP contribution in [0, 0.1) is 18.6 Å². The number of H-pyrrole nitrogens is 1. The number of hydrogen-bond donors (Lipinski definition) is 2. The number of fused-ring (bicyclic) bond motifs is 5. The Morgan fingerprint density at radius 3 is 2.62 bits per heavy atom. The summed E-state index contributed by atoms with van der Waals surface area (Å²) in [5.74, 6) is -5.44. The maximum Gasteiger partial charge on any atom is 0.434 e. The highest BCUT2D eigenvalue weighted by atomic mass is 32.1. The first kappa shape index (κ1) is 33.3. The molecule has 53 heavy (non-hydrogen) atoms. The van der Waals surface area contributed by atoms with Gasteiger partial charge in [-0.15, -0.1) is 16.4 Å². The Morgan fingerprint density at radius 1 is 1.06 bits per heavy atom. The molecule has 4 aromatic heterocycles. The SMILES string of the molecule is COc1c(F)ccc2c1CC(F)(F)[C@H]2Nc1nc(C)cc2cc(-c3c4c(nc(CCc5ccc(F)cc5)c3-c3n[nH]c(=O)o3)[C@H]3CCCN3C4=O)sc12. The van der Waals surface area contributed by atoms with Crippen molar-refractivity contribution in [2.75, 3.05) is 19.0 Å². The number of halogens is 4. The minimum absolute atomic E-state index is 0.0530. The smallest absolute Gasteiger partial charge is 0.434 e. The van der Waals surface area contributed by atoms with Crippen LogP contribution in [0.3, 0.4) is 0 Å². The molecule has 10 nitrogen and oxygen atoms in total. The van der Waals surface area contributed by atoms with Crippen molar-refractivity contribution in [1.82, 2.24) is 25.1 Å². The van der Waals surface area contributed by atoms with E-state index in [9.17, 15) is 18.4 Å². The molecule has 0 unspecified atom stereocenters. The lowest BCUT2D eigenvalue weighted by molar-refractivity contribution is -0.00736. The molecule has 0 bridgehead atoms. The van der Waals surface area contributed by atoms with Gasteiger partial charge in [0.25, 0.3) is 17.7 Å². The first-order valence-corrected chi connectivity index (χ1v) is 17.9. The van der Waals surface area contributed by atoms with Crippen molar-refractivity contribution in [3.63, 3.8) is 0 Å². The number of aromatic amines is 1. The molecular formula is C38H30F4N6O4S. The summed E-state index contributed by atoms with van der Waals surface area (Å²) in [6, 6.07) is 10.5. The highest BCUT2D eigenvalue weighted by molar-refractivity contribution is 7.23. The number of rotatable bonds is 8. The maximum atomic E-state index is 15.7. The number of methoxy groups -OCH3 is 1. The molecule has 2 aromatic carbocycles. The van der Waals surface area contributed by atoms with E-state index in [-0.39, 0.29) is 46.4 Å². The van der Waals surface area contributed by atoms with Crippen molar-refractivity contribution in [3.05, 3.63) is 110 Å². The topological polar surface area (TPSA) is 126 Å². The lowest BCUT2D eigenvalue weighted by atomic mass is 9.93. The molecule has 1 saturated heterocycles. The predicted molar refractivity (Wildman–Crippen MR) is 188 cm³/mol. The molecule has 2 N–H and O–H groups in total. The van der Waals surface area contributed by atoms with Crippen LogP contribution < -0.4 is 15.8 Å². The summed E-state index contributed by atoms with van der Waals surface area (Å²) in [5, 5.41) is 10.2. The molecule has 1 aliphatic carbocycles. The van der Waals surface area contributed by atoms with Gasteiger partial charge >= 0.3 is 5.76 Å². The third-order valence-electron chi connectivity index (χ3n) is 10.3. The summed E-state index contributed by atoms with van der Waals surface area (Å²) in [7, 11) is 1.25. The molecule has 1 amide bonds. The molecule has 2 atom stereocenters. The fraction of sp³-hybridized carbons (Fsp3) is 0.289. The zero-order chi connectivity index (χ0) is 36.8. The van der Waals surface area contributed by atoms with Crippen LogP contribution in [-0.4, -0.2) is 50.5 Å². The van der Waals surface area contributed by atoms with Gasteiger partial charge in [-0.2, -0.15) is 0 Å². The molecule has 1 fully saturated rings. The molecule has 15 heteroatoms. The number of ether oxygens (including phenoxy) is 1. The molecule has 0 spiro atoms. The van der Waals surface area contributed by atoms with Gasteiger partial charge in [0, 0.05) is 34.7 Å². The summed E-state index contributed by atoms with van der Waals surface area (Å²) in [6.07, 6.45) is 1.65. The zero-order valence-electron chi connectivity index (χ0n) is 28.4. The van der Waals surface area contributed by atoms with Gasteiger partial charge in [0.1, 0.15) is 17.7 Å². The Labute approximate surface area is 302 Å². The van der Waals surface area contributed by atoms with Crippen LogP contribution in [0.25, 0.3) is 32.0 Å². The quantitative estimate of drug-likeness (QED) is 0.152. The van der Waals surface area contributed by atoms with Crippen molar-refractivity contribution in [2.45, 2.75) is 57.0 Å². The number of hydrogen-bond acceptors (Lipinski definition) is 9. The third kappa shape index (κ3) is 5.39. The van der Waals surface area contributed by atoms with E-state index in [0.29, 0.717) is 68.1 Å². The first-order chi connectivity index (χ1) is 25.5. The van der Waals surface area contributed by atoms with E-state index in [1.54, 1.807) is 24.0 Å². The number of carbonyl (C=O) groups excluding carboxylic acids is 1. The molecule has 3 aliphatic rings. The van der Waals surface area contributed by atoms with E-state index in [2.05, 4.69) is 20.5 Å². The van der Waals surface area contributed by atoms with Crippen LogP contribution in [0.15, 0.2) is 57.7 Å². The van der Waals surface area contributed by atoms with Crippen LogP contribution in [0.2, 0.25) is 0 Å². The Balaban J connectivity index is 1.23. The van der Waals surface area contributed by atoms with Gasteiger partial charge in [0.15, 0.2) is 11.6 Å². The standard InChI is InChI=1S/C38H30F4N6O4S/c1-17-14-19-15-26(53-32(19)34(43-17)45-33-21-10-11-23(40)31(51-2)22(21)16-38(33,41)42)28-27(35-46-47-37(50)52-35)24(12-7-18-5-8-20(39)9-6-18)44-30-25-4-3-13-48(25)36(49)29(28)30/h5-6,8-11,14-15,25,33H,3-4,7,12-13,16H2,1-2H3,(H,43,45)(H,47,50)/t25-,33+/m1/s1. The summed E-state index contributed by atoms with van der Waals surface area (Å²) in [6.45, 7) is 2.31. The van der Waals surface area contributed by atoms with Gasteiger partial charge in [-0.25, -0.2) is 32.4 Å². The van der Waals surface area contributed by atoms with Gasteiger partial charge in [0.2, 0.25) is 0 Å². The van der Waals surface area contributed by atoms with Crippen LogP contribution in [-0.2, 0) is 19.3 Å². The van der Waals surface area contributed by atoms with E-state index < -0.39 is 30.0 Å². The van der Waals surface area contributed by atoms with Crippen LogP contribution >= 0.6 is 11.3 Å². The van der Waals surface area contributed by atoms with Crippen LogP contribution in [0.4, 0.5) is 23.4 Å². The first-order valence-electron chi connectivity index (χ1n) is 17.1. The molecule has 0 saturated carbocycles. The summed E-state index contributed by atoms with van der Waals surface area (Å²) < 4.78 is 71.0. The number of carbonyl (C=O) groups is 1. The average molecular weight is 743 g/mol. The number of nitrogens with zero attached hydrogens (tertiary/aromatic N) is 4. The summed E-state index contributed by atoms with van der Waals surface area (Å²) >= 11 is 1.24. The van der Waals surface area contributed by atoms with Gasteiger partial charge < -0.3 is 19.4 Å². The lowest BCUT2D eigenvalue weighted by Gasteiger charge is -2.22. The van der Waals surface area contributed by atoms with E-state index in [1.807, 2.05) is 12.1 Å². The highest BCUT2D eigenvalue weighted by Gasteiger charge is 2.50. The van der Waals surface area contributed by atoms with Crippen LogP contribution in [0.1, 0.15) is 69.1 Å². The minimum atomic E-state index is -3.30. The molecular weight excluding hydrogens is 713 g/mol. The van der Waals surface area contributed by atoms with Crippen molar-refractivity contribution in [2.24, 2.45) is 0 Å². The number of aryl methyl sites for hydroxylation is 3. The normalized spacial score (nSPS) is 18.5. The second kappa shape index (κ2) is 12.3. The van der Waals surface area contributed by atoms with Crippen molar-refractivity contribution in [3.8, 4) is 27.6 Å². The van der Waals surface area contributed by atoms with E-state index in [4.69, 9.17) is 14.1 Å². The second-order valence-corrected chi connectivity index (χ2v) is 14.6. The molecule has 9 rings (SSSR count). The number of benzene rings is 2. The number of anilines is 1. The van der Waals surface area contributed by atoms with E-state index in [0.717, 1.165) is 24.5 Å². The predicted octanol–water partition coefficient (Wildman–Crippen LogP) is 7.72. The highest BCUT2D eigenvalue weighted by Crippen LogP contribution is 2.52. The van der Waals surface area contributed by atoms with E-state index >= 15 is 8.78 Å². The number of alkyl halides is 2. The Morgan fingerprint density at radius 2 is 1.87 bits per heavy atom. The fourth-order valence-corrected chi connectivity index (χ4v) is 9.18. The Bertz CT molecular complexity index is 2530. The number of nitrogens with one attached hydrogen (secondary N) is 2. The van der Waals surface area contributed by atoms with Gasteiger partial charge in [0.05, 0.1) is 40.4 Å². The largest absolute Gasteiger partial charge is 0.493 e. The summed E-state index contributed by atoms with van der Waals surface area (Å²) in [5.41, 5.74) is 4.06. The fourth-order valence-electron chi connectivity index (χ4n) is 8.03. The third-order valence-corrected chi connectivity index (χ3v) is 11.5. The number of aromatic nitrogens is 4. The van der Waals surface area contributed by atoms with Crippen molar-refractivity contribution >= 4 is 33.1 Å². The lowest BCUT2D eigenvalue weighted by Crippen LogP contribution is -2.28. The maximum absolute atomic E-state index is 15.7. The number of amides is 1. The molecule has 2 aliphatic heterocycles. The number of thiophene rings is 1. The Hall–Kier alpha value is -5.57. The average Bonchev–Trinajstić information content (AvgIpc) is 3.95. The van der Waals surface area contributed by atoms with Crippen molar-refractivity contribution < 1.29 is 31.5 Å². The van der Waals surface area contributed by atoms with Crippen LogP contribution in [0.5, 0.6) is 5.75 Å². The molecule has 6 aromatic rings. The Kier molecular flexibility index (Phi) is 7.69. The molecule has 0 radical (unpaired) electrons. The van der Waals surface area contributed by atoms with E-state index in [1.165, 1.54) is 36.6 Å². The van der Waals surface area contributed by atoms with Crippen molar-refractivity contribution in [1.29, 1.82) is 0 Å². The monoisotopic (exact) mass is 742 g/mol. The molecule has 270 valence electrons. The zero-order valence-corrected chi connectivity index (χ0v) is 29.2. The van der Waals surface area contributed by atoms with Gasteiger partial charge in [-0.1, -0.05) is 18.2 Å². The number of pyridine rings is 2. The second-order valence-electron chi connectivity index (χ2n) is 13.6. The summed E-state index contributed by atoms with van der Waals surface area (Å²) in [4.78, 5) is 38.7.